The van der Waals surface area contributed by atoms with Gasteiger partial charge in [0.2, 0.25) is 0 Å². The van der Waals surface area contributed by atoms with Crippen LogP contribution in [0.5, 0.6) is 34.5 Å². The number of para-hydroxylation sites is 1. The summed E-state index contributed by atoms with van der Waals surface area (Å²) in [4.78, 5) is 2.29. The fourth-order valence-electron chi connectivity index (χ4n) is 7.02. The molecule has 4 nitrogen and oxygen atoms in total. The van der Waals surface area contributed by atoms with Crippen molar-refractivity contribution in [2.75, 3.05) is 17.8 Å². The van der Waals surface area contributed by atoms with Crippen LogP contribution in [0.4, 0.5) is 11.4 Å². The van der Waals surface area contributed by atoms with E-state index in [9.17, 15) is 0 Å². The van der Waals surface area contributed by atoms with Crippen LogP contribution < -0.4 is 52.3 Å². The van der Waals surface area contributed by atoms with Crippen LogP contribution in [0.15, 0.2) is 82.6 Å². The summed E-state index contributed by atoms with van der Waals surface area (Å²) >= 11 is 3.43. The monoisotopic (exact) mass is 581 g/mol. The molecule has 8 heteroatoms. The molecule has 5 aromatic carbocycles. The van der Waals surface area contributed by atoms with Crippen molar-refractivity contribution in [1.29, 1.82) is 0 Å². The Bertz CT molecular complexity index is 2030. The van der Waals surface area contributed by atoms with Crippen LogP contribution in [-0.2, 0) is 0 Å². The third-order valence-electron chi connectivity index (χ3n) is 9.14. The Kier molecular flexibility index (Phi) is 5.19. The number of benzene rings is 5. The maximum Gasteiger partial charge on any atom is 0.260 e. The number of hydrogen-bond acceptors (Lipinski definition) is 6. The quantitative estimate of drug-likeness (QED) is 0.225. The van der Waals surface area contributed by atoms with Gasteiger partial charge >= 0.3 is 0 Å². The molecule has 4 aliphatic heterocycles. The van der Waals surface area contributed by atoms with E-state index < -0.39 is 0 Å². The van der Waals surface area contributed by atoms with Gasteiger partial charge in [0.05, 0.1) is 0 Å². The first-order chi connectivity index (χ1) is 20.5. The van der Waals surface area contributed by atoms with Crippen LogP contribution >= 0.6 is 23.5 Å². The number of anilines is 2. The zero-order chi connectivity index (χ0) is 28.3. The van der Waals surface area contributed by atoms with Crippen molar-refractivity contribution < 1.29 is 14.2 Å². The lowest BCUT2D eigenvalue weighted by atomic mass is 9.31. The first-order valence-corrected chi connectivity index (χ1v) is 16.6. The first-order valence-electron chi connectivity index (χ1n) is 14.1. The summed E-state index contributed by atoms with van der Waals surface area (Å²) in [5, 5.41) is 3.77. The number of ether oxygens (including phenoxy) is 3. The lowest BCUT2D eigenvalue weighted by Gasteiger charge is -2.37. The van der Waals surface area contributed by atoms with E-state index in [1.54, 1.807) is 23.5 Å². The summed E-state index contributed by atoms with van der Waals surface area (Å²) in [5.41, 5.74) is 11.7. The summed E-state index contributed by atoms with van der Waals surface area (Å²) in [5.74, 6) is 5.41. The summed E-state index contributed by atoms with van der Waals surface area (Å²) in [6, 6.07) is 26.3. The van der Waals surface area contributed by atoms with Crippen molar-refractivity contribution in [1.82, 2.24) is 0 Å². The molecule has 0 aromatic heterocycles. The van der Waals surface area contributed by atoms with Crippen LogP contribution in [0.3, 0.4) is 0 Å². The Morgan fingerprint density at radius 2 is 1.12 bits per heavy atom. The molecule has 0 atom stereocenters. The molecule has 0 spiro atoms. The molecule has 0 aliphatic carbocycles. The van der Waals surface area contributed by atoms with E-state index in [0.717, 1.165) is 56.2 Å². The summed E-state index contributed by atoms with van der Waals surface area (Å²) in [7, 11) is 0. The molecule has 42 heavy (non-hydrogen) atoms. The molecule has 5 aromatic rings. The molecule has 1 N–H and O–H groups in total. The highest BCUT2D eigenvalue weighted by Gasteiger charge is 2.44. The van der Waals surface area contributed by atoms with Gasteiger partial charge in [-0.3, -0.25) is 0 Å². The predicted octanol–water partition coefficient (Wildman–Crippen LogP) is 5.15. The molecule has 0 unspecified atom stereocenters. The van der Waals surface area contributed by atoms with Crippen molar-refractivity contribution in [3.05, 3.63) is 83.9 Å². The maximum absolute atomic E-state index is 6.75. The van der Waals surface area contributed by atoms with Gasteiger partial charge in [-0.1, -0.05) is 30.3 Å². The molecule has 0 bridgehead atoms. The fraction of sp³-hybridized carbons (Fsp3) is 0.118. The molecule has 4 aliphatic rings. The Balaban J connectivity index is 1.31. The highest BCUT2D eigenvalue weighted by atomic mass is 32.2. The van der Waals surface area contributed by atoms with Crippen molar-refractivity contribution >= 4 is 81.1 Å². The van der Waals surface area contributed by atoms with E-state index in [-0.39, 0.29) is 13.4 Å². The molecule has 0 amide bonds. The van der Waals surface area contributed by atoms with Gasteiger partial charge in [-0.05, 0) is 101 Å². The van der Waals surface area contributed by atoms with Crippen molar-refractivity contribution in [2.24, 2.45) is 0 Å². The molecule has 202 valence electrons. The van der Waals surface area contributed by atoms with Gasteiger partial charge in [-0.15, -0.1) is 23.5 Å². The maximum atomic E-state index is 6.75. The van der Waals surface area contributed by atoms with Gasteiger partial charge in [0.25, 0.3) is 13.4 Å². The molecular formula is C34H25B2NO3S2. The minimum Gasteiger partial charge on any atom is -0.458 e. The second kappa shape index (κ2) is 8.82. The Morgan fingerprint density at radius 1 is 0.524 bits per heavy atom. The second-order valence-electron chi connectivity index (χ2n) is 11.4. The lowest BCUT2D eigenvalue weighted by Crippen LogP contribution is -2.62. The number of hydrogen-bond donors (Lipinski definition) is 1. The normalized spacial score (nSPS) is 14.1. The Morgan fingerprint density at radius 3 is 1.88 bits per heavy atom. The molecule has 4 heterocycles. The van der Waals surface area contributed by atoms with Crippen LogP contribution in [-0.4, -0.2) is 25.9 Å². The smallest absolute Gasteiger partial charge is 0.260 e. The molecular weight excluding hydrogens is 556 g/mol. The van der Waals surface area contributed by atoms with Crippen LogP contribution in [0.25, 0.3) is 0 Å². The van der Waals surface area contributed by atoms with Crippen LogP contribution in [0.2, 0.25) is 0 Å². The lowest BCUT2D eigenvalue weighted by molar-refractivity contribution is 0.462. The third-order valence-corrected chi connectivity index (χ3v) is 10.6. The SMILES string of the molecule is CSc1cc2c3c(c1)Oc1ccccc1B3c1cc3c(cc1N2)Oc1cc(SC)cc2c1B3c1cc(C)c(C)cc1O2. The van der Waals surface area contributed by atoms with Gasteiger partial charge < -0.3 is 19.5 Å². The van der Waals surface area contributed by atoms with Crippen molar-refractivity contribution in [2.45, 2.75) is 23.6 Å². The van der Waals surface area contributed by atoms with Crippen LogP contribution in [0.1, 0.15) is 11.1 Å². The summed E-state index contributed by atoms with van der Waals surface area (Å²) < 4.78 is 19.8. The number of rotatable bonds is 2. The summed E-state index contributed by atoms with van der Waals surface area (Å²) in [6.07, 6.45) is 4.20. The number of fused-ring (bicyclic) bond motifs is 8. The van der Waals surface area contributed by atoms with E-state index in [2.05, 4.69) is 104 Å². The summed E-state index contributed by atoms with van der Waals surface area (Å²) in [6.45, 7) is 4.40. The van der Waals surface area contributed by atoms with E-state index >= 15 is 0 Å². The zero-order valence-corrected chi connectivity index (χ0v) is 25.3. The topological polar surface area (TPSA) is 39.7 Å². The van der Waals surface area contributed by atoms with E-state index in [4.69, 9.17) is 14.2 Å². The average Bonchev–Trinajstić information content (AvgIpc) is 3.00. The largest absolute Gasteiger partial charge is 0.458 e. The minimum atomic E-state index is 0.0119. The van der Waals surface area contributed by atoms with E-state index in [1.165, 1.54) is 43.3 Å². The van der Waals surface area contributed by atoms with Gasteiger partial charge in [-0.2, -0.15) is 0 Å². The van der Waals surface area contributed by atoms with Gasteiger partial charge in [0.1, 0.15) is 34.5 Å². The van der Waals surface area contributed by atoms with E-state index in [0.29, 0.717) is 0 Å². The standard InChI is InChI=1S/C34H25B2NO3S2/c1-17-9-23-28(10-18(17)2)39-31-13-20(42-4)14-32-34(31)36(23)24-15-22-25(16-29(24)40-32)37-26-11-19(41-3)12-30-33(26)35(22)21-7-5-6-8-27(21)38-30/h5-16,37H,1-4H3. The molecule has 0 saturated heterocycles. The Hall–Kier alpha value is -3.87. The van der Waals surface area contributed by atoms with Gasteiger partial charge in [0, 0.05) is 32.7 Å². The number of aryl methyl sites for hydroxylation is 2. The first kappa shape index (κ1) is 24.7. The second-order valence-corrected chi connectivity index (χ2v) is 13.2. The van der Waals surface area contributed by atoms with Gasteiger partial charge in [-0.25, -0.2) is 0 Å². The fourth-order valence-corrected chi connectivity index (χ4v) is 7.93. The average molecular weight is 581 g/mol. The predicted molar refractivity (Wildman–Crippen MR) is 178 cm³/mol. The van der Waals surface area contributed by atoms with Gasteiger partial charge in [0.15, 0.2) is 0 Å². The Labute approximate surface area is 254 Å². The molecule has 0 fully saturated rings. The van der Waals surface area contributed by atoms with Crippen LogP contribution in [0, 0.1) is 13.8 Å². The highest BCUT2D eigenvalue weighted by Crippen LogP contribution is 2.40. The third kappa shape index (κ3) is 3.36. The highest BCUT2D eigenvalue weighted by molar-refractivity contribution is 7.98. The van der Waals surface area contributed by atoms with Crippen molar-refractivity contribution in [3.8, 4) is 34.5 Å². The molecule has 0 saturated carbocycles. The molecule has 9 rings (SSSR count). The zero-order valence-electron chi connectivity index (χ0n) is 23.6. The number of thioether (sulfide) groups is 2. The van der Waals surface area contributed by atoms with E-state index in [1.807, 2.05) is 0 Å². The minimum absolute atomic E-state index is 0.0119. The molecule has 0 radical (unpaired) electrons. The van der Waals surface area contributed by atoms with Crippen molar-refractivity contribution in [3.63, 3.8) is 0 Å². The number of nitrogens with one attached hydrogen (secondary N) is 1.